The number of aryl methyl sites for hydroxylation is 1. The van der Waals surface area contributed by atoms with E-state index in [-0.39, 0.29) is 11.3 Å². The van der Waals surface area contributed by atoms with Crippen molar-refractivity contribution in [1.29, 1.82) is 0 Å². The molecule has 3 aromatic carbocycles. The standard InChI is InChI=1S/C31H28N3OS/c1-31(2)22-15-8-9-16-23(22)33(4)27(31)20-12-19-26-30-34(25-18-11-10-17-24(25)32(26)3)29(35)28(36-30)21-13-6-5-7-14-21/h5-20H,1-4H3/q+1/p+1. The third kappa shape index (κ3) is 3.27. The molecule has 0 amide bonds. The van der Waals surface area contributed by atoms with Gasteiger partial charge in [-0.2, -0.15) is 4.57 Å². The van der Waals surface area contributed by atoms with E-state index in [1.165, 1.54) is 16.9 Å². The summed E-state index contributed by atoms with van der Waals surface area (Å²) >= 11 is 1.62. The molecule has 0 aliphatic carbocycles. The lowest BCUT2D eigenvalue weighted by atomic mass is 9.84. The number of likely N-dealkylation sites (N-methyl/N-ethyl adjacent to an activating group) is 1. The van der Waals surface area contributed by atoms with Crippen LogP contribution in [0.1, 0.15) is 25.1 Å². The number of hydrogen-bond donors (Lipinski definition) is 1. The minimum Gasteiger partial charge on any atom is -0.458 e. The molecule has 1 N–H and O–H groups in total. The molecule has 6 rings (SSSR count). The summed E-state index contributed by atoms with van der Waals surface area (Å²) in [6, 6.07) is 26.9. The minimum atomic E-state index is -0.0764. The smallest absolute Gasteiger partial charge is 0.391 e. The maximum Gasteiger partial charge on any atom is 0.391 e. The summed E-state index contributed by atoms with van der Waals surface area (Å²) in [5.74, 6) is 0.276. The van der Waals surface area contributed by atoms with Crippen molar-refractivity contribution in [3.8, 4) is 16.3 Å². The van der Waals surface area contributed by atoms with Gasteiger partial charge in [0.05, 0.1) is 0 Å². The van der Waals surface area contributed by atoms with Crippen LogP contribution < -0.4 is 13.9 Å². The molecule has 0 fully saturated rings. The molecular weight excluding hydrogens is 462 g/mol. The Morgan fingerprint density at radius 1 is 0.889 bits per heavy atom. The second-order valence-corrected chi connectivity index (χ2v) is 10.8. The number of fused-ring (bicyclic) bond motifs is 4. The molecule has 5 heteroatoms. The Balaban J connectivity index is 1.54. The number of benzene rings is 3. The second kappa shape index (κ2) is 8.32. The fourth-order valence-corrected chi connectivity index (χ4v) is 6.69. The largest absolute Gasteiger partial charge is 0.458 e. The van der Waals surface area contributed by atoms with Crippen LogP contribution in [0.15, 0.2) is 96.7 Å². The summed E-state index contributed by atoms with van der Waals surface area (Å²) in [7, 11) is 4.23. The van der Waals surface area contributed by atoms with Crippen molar-refractivity contribution < 1.29 is 14.1 Å². The van der Waals surface area contributed by atoms with E-state index >= 15 is 0 Å². The van der Waals surface area contributed by atoms with Crippen LogP contribution in [0, 0.1) is 0 Å². The average molecular weight is 492 g/mol. The van der Waals surface area contributed by atoms with Crippen LogP contribution in [0.2, 0.25) is 0 Å². The molecule has 3 heterocycles. The van der Waals surface area contributed by atoms with Gasteiger partial charge in [-0.05, 0) is 17.7 Å². The van der Waals surface area contributed by atoms with Gasteiger partial charge in [0.25, 0.3) is 16.7 Å². The quantitative estimate of drug-likeness (QED) is 0.307. The SMILES string of the molecule is CN1C(=CC=Cc2c3sc(-c4ccccc4)c(O)[n+]3c3ccccc3[n+]2C)C(C)(C)c2ccccc21. The fourth-order valence-electron chi connectivity index (χ4n) is 5.48. The number of nitrogens with zero attached hydrogens (tertiary/aromatic N) is 3. The topological polar surface area (TPSA) is 31.4 Å². The molecule has 0 atom stereocenters. The van der Waals surface area contributed by atoms with Gasteiger partial charge in [0.1, 0.15) is 7.05 Å². The highest BCUT2D eigenvalue weighted by molar-refractivity contribution is 7.20. The van der Waals surface area contributed by atoms with Gasteiger partial charge in [-0.1, -0.05) is 96.3 Å². The lowest BCUT2D eigenvalue weighted by Crippen LogP contribution is -2.39. The van der Waals surface area contributed by atoms with Crippen molar-refractivity contribution in [2.45, 2.75) is 19.3 Å². The maximum atomic E-state index is 11.4. The average Bonchev–Trinajstić information content (AvgIpc) is 3.34. The molecule has 1 aliphatic rings. The number of anilines is 1. The summed E-state index contributed by atoms with van der Waals surface area (Å²) in [4.78, 5) is 4.16. The zero-order valence-corrected chi connectivity index (χ0v) is 21.8. The summed E-state index contributed by atoms with van der Waals surface area (Å²) < 4.78 is 4.19. The Labute approximate surface area is 215 Å². The lowest BCUT2D eigenvalue weighted by Gasteiger charge is -2.23. The normalized spacial score (nSPS) is 16.0. The van der Waals surface area contributed by atoms with E-state index in [4.69, 9.17) is 0 Å². The first kappa shape index (κ1) is 22.5. The molecule has 36 heavy (non-hydrogen) atoms. The molecule has 1 aliphatic heterocycles. The molecule has 0 unspecified atom stereocenters. The van der Waals surface area contributed by atoms with Gasteiger partial charge in [-0.3, -0.25) is 0 Å². The Morgan fingerprint density at radius 2 is 1.56 bits per heavy atom. The first-order chi connectivity index (χ1) is 17.4. The van der Waals surface area contributed by atoms with Crippen molar-refractivity contribution >= 4 is 39.0 Å². The van der Waals surface area contributed by atoms with Crippen LogP contribution in [0.25, 0.3) is 32.4 Å². The predicted octanol–water partition coefficient (Wildman–Crippen LogP) is 6.16. The Kier molecular flexibility index (Phi) is 5.20. The number of hydrogen-bond acceptors (Lipinski definition) is 3. The van der Waals surface area contributed by atoms with Crippen LogP contribution in [-0.4, -0.2) is 12.2 Å². The summed E-state index contributed by atoms with van der Waals surface area (Å²) in [6.45, 7) is 4.56. The summed E-state index contributed by atoms with van der Waals surface area (Å²) in [6.07, 6.45) is 6.52. The zero-order chi connectivity index (χ0) is 25.0. The van der Waals surface area contributed by atoms with E-state index in [1.54, 1.807) is 11.3 Å². The molecule has 178 valence electrons. The van der Waals surface area contributed by atoms with Crippen molar-refractivity contribution in [2.24, 2.45) is 7.05 Å². The van der Waals surface area contributed by atoms with Gasteiger partial charge in [-0.25, -0.2) is 0 Å². The summed E-state index contributed by atoms with van der Waals surface area (Å²) in [5.41, 5.74) is 7.88. The Bertz CT molecular complexity index is 1700. The van der Waals surface area contributed by atoms with Gasteiger partial charge in [0.2, 0.25) is 0 Å². The Morgan fingerprint density at radius 3 is 2.31 bits per heavy atom. The van der Waals surface area contributed by atoms with Crippen LogP contribution in [-0.2, 0) is 12.5 Å². The van der Waals surface area contributed by atoms with Crippen molar-refractivity contribution in [1.82, 2.24) is 0 Å². The maximum absolute atomic E-state index is 11.4. The number of rotatable bonds is 3. The van der Waals surface area contributed by atoms with E-state index < -0.39 is 0 Å². The van der Waals surface area contributed by atoms with Crippen molar-refractivity contribution in [3.05, 3.63) is 108 Å². The number of aromatic nitrogens is 2. The first-order valence-electron chi connectivity index (χ1n) is 12.2. The van der Waals surface area contributed by atoms with Crippen LogP contribution in [0.4, 0.5) is 5.69 Å². The molecule has 0 bridgehead atoms. The monoisotopic (exact) mass is 491 g/mol. The minimum absolute atomic E-state index is 0.0764. The number of allylic oxidation sites excluding steroid dienone is 3. The summed E-state index contributed by atoms with van der Waals surface area (Å²) in [5, 5.41) is 11.4. The van der Waals surface area contributed by atoms with Crippen LogP contribution in [0.3, 0.4) is 0 Å². The van der Waals surface area contributed by atoms with Crippen molar-refractivity contribution in [2.75, 3.05) is 11.9 Å². The molecule has 0 saturated heterocycles. The van der Waals surface area contributed by atoms with E-state index in [0.29, 0.717) is 0 Å². The molecule has 0 saturated carbocycles. The highest BCUT2D eigenvalue weighted by Crippen LogP contribution is 2.46. The molecular formula is C31H29N3OS+2. The zero-order valence-electron chi connectivity index (χ0n) is 20.9. The molecule has 2 aromatic heterocycles. The third-order valence-corrected chi connectivity index (χ3v) is 8.57. The van der Waals surface area contributed by atoms with Gasteiger partial charge < -0.3 is 10.0 Å². The lowest BCUT2D eigenvalue weighted by molar-refractivity contribution is -0.656. The molecule has 0 spiro atoms. The first-order valence-corrected chi connectivity index (χ1v) is 13.0. The van der Waals surface area contributed by atoms with Gasteiger partial charge in [-0.15, -0.1) is 0 Å². The third-order valence-electron chi connectivity index (χ3n) is 7.37. The molecule has 0 radical (unpaired) electrons. The van der Waals surface area contributed by atoms with Crippen molar-refractivity contribution in [3.63, 3.8) is 0 Å². The van der Waals surface area contributed by atoms with Gasteiger partial charge >= 0.3 is 10.7 Å². The van der Waals surface area contributed by atoms with Gasteiger partial charge in [0, 0.05) is 47.6 Å². The van der Waals surface area contributed by atoms with E-state index in [1.807, 2.05) is 46.9 Å². The number of para-hydroxylation sites is 3. The molecule has 5 aromatic rings. The van der Waals surface area contributed by atoms with Crippen LogP contribution >= 0.6 is 11.3 Å². The van der Waals surface area contributed by atoms with E-state index in [0.717, 1.165) is 32.0 Å². The number of thiazole rings is 1. The highest BCUT2D eigenvalue weighted by Gasteiger charge is 2.38. The molecule has 4 nitrogen and oxygen atoms in total. The van der Waals surface area contributed by atoms with Crippen LogP contribution in [0.5, 0.6) is 5.88 Å². The predicted molar refractivity (Wildman–Crippen MR) is 148 cm³/mol. The fraction of sp³-hybridized carbons (Fsp3) is 0.161. The highest BCUT2D eigenvalue weighted by atomic mass is 32.1. The van der Waals surface area contributed by atoms with Gasteiger partial charge in [0.15, 0.2) is 4.88 Å². The number of aromatic hydroxyl groups is 1. The Hall–Kier alpha value is -3.96. The van der Waals surface area contributed by atoms with E-state index in [9.17, 15) is 5.11 Å². The second-order valence-electron chi connectivity index (χ2n) is 9.81. The van der Waals surface area contributed by atoms with E-state index in [2.05, 4.69) is 92.0 Å².